The van der Waals surface area contributed by atoms with Crippen LogP contribution in [0.2, 0.25) is 0 Å². The maximum absolute atomic E-state index is 6.50. The first-order valence-electron chi connectivity index (χ1n) is 20.7. The lowest BCUT2D eigenvalue weighted by molar-refractivity contribution is 0.623. The highest BCUT2D eigenvalue weighted by atomic mass is 16.3. The van der Waals surface area contributed by atoms with Crippen molar-refractivity contribution in [2.75, 3.05) is 0 Å². The van der Waals surface area contributed by atoms with Crippen molar-refractivity contribution < 1.29 is 4.42 Å². The first kappa shape index (κ1) is 35.5. The fourth-order valence-corrected chi connectivity index (χ4v) is 8.69. The van der Waals surface area contributed by atoms with Crippen molar-refractivity contribution in [3.8, 4) is 73.6 Å². The zero-order valence-corrected chi connectivity index (χ0v) is 33.4. The highest BCUT2D eigenvalue weighted by Crippen LogP contribution is 2.38. The Labute approximate surface area is 357 Å². The maximum atomic E-state index is 6.50. The molecule has 0 bridgehead atoms. The second kappa shape index (κ2) is 14.7. The minimum Gasteiger partial charge on any atom is -0.435 e. The summed E-state index contributed by atoms with van der Waals surface area (Å²) >= 11 is 0. The topological polar surface area (TPSA) is 69.6 Å². The van der Waals surface area contributed by atoms with Crippen LogP contribution >= 0.6 is 0 Å². The molecule has 0 aliphatic heterocycles. The van der Waals surface area contributed by atoms with Crippen molar-refractivity contribution in [3.05, 3.63) is 212 Å². The van der Waals surface area contributed by atoms with E-state index in [1.54, 1.807) is 0 Å². The number of oxazole rings is 1. The minimum absolute atomic E-state index is 0.592. The minimum atomic E-state index is 0.592. The van der Waals surface area contributed by atoms with Crippen LogP contribution in [0.5, 0.6) is 0 Å². The lowest BCUT2D eigenvalue weighted by Gasteiger charge is -2.12. The van der Waals surface area contributed by atoms with Crippen molar-refractivity contribution in [2.45, 2.75) is 0 Å². The van der Waals surface area contributed by atoms with Gasteiger partial charge in [-0.25, -0.2) is 19.9 Å². The molecular formula is C56H35N5O. The molecule has 12 rings (SSSR count). The van der Waals surface area contributed by atoms with Crippen LogP contribution < -0.4 is 0 Å². The first-order valence-corrected chi connectivity index (χ1v) is 20.7. The Bertz CT molecular complexity index is 3560. The van der Waals surface area contributed by atoms with E-state index in [-0.39, 0.29) is 0 Å². The molecule has 3 heterocycles. The second-order valence-electron chi connectivity index (χ2n) is 15.4. The fraction of sp³-hybridized carbons (Fsp3) is 0. The molecule has 0 saturated carbocycles. The van der Waals surface area contributed by atoms with Crippen LogP contribution in [0, 0.1) is 0 Å². The predicted octanol–water partition coefficient (Wildman–Crippen LogP) is 14.3. The summed E-state index contributed by atoms with van der Waals surface area (Å²) in [4.78, 5) is 20.3. The van der Waals surface area contributed by atoms with E-state index in [1.165, 1.54) is 10.8 Å². The molecule has 0 atom stereocenters. The molecule has 3 aromatic heterocycles. The van der Waals surface area contributed by atoms with Gasteiger partial charge in [-0.15, -0.1) is 0 Å². The summed E-state index contributed by atoms with van der Waals surface area (Å²) in [5.74, 6) is 2.40. The van der Waals surface area contributed by atoms with E-state index in [0.29, 0.717) is 23.4 Å². The molecule has 6 nitrogen and oxygen atoms in total. The Morgan fingerprint density at radius 3 is 1.53 bits per heavy atom. The largest absolute Gasteiger partial charge is 0.435 e. The Balaban J connectivity index is 0.976. The summed E-state index contributed by atoms with van der Waals surface area (Å²) in [5.41, 5.74) is 13.0. The molecule has 12 aromatic rings. The standard InChI is InChI=1S/C56H35N5O/c1-3-13-36(14-4-1)37-25-29-40(30-26-37)53-58-54(60-55(59-53)43-18-11-19-44(35-43)61-49-23-9-7-20-46(49)47-21-8-10-24-50(47)61)41-31-27-38(28-32-41)45-22-12-17-39-33-34-48-52(51(39)45)62-56(57-48)42-15-5-2-6-16-42/h1-35H. The van der Waals surface area contributed by atoms with Gasteiger partial charge in [0.1, 0.15) is 5.52 Å². The summed E-state index contributed by atoms with van der Waals surface area (Å²) in [6.45, 7) is 0. The number of nitrogens with zero attached hydrogens (tertiary/aromatic N) is 5. The van der Waals surface area contributed by atoms with Gasteiger partial charge in [0.15, 0.2) is 23.1 Å². The molecule has 6 heteroatoms. The number of rotatable bonds is 7. The Morgan fingerprint density at radius 1 is 0.355 bits per heavy atom. The van der Waals surface area contributed by atoms with Crippen LogP contribution in [0.4, 0.5) is 0 Å². The zero-order chi connectivity index (χ0) is 41.0. The molecule has 0 saturated heterocycles. The predicted molar refractivity (Wildman–Crippen MR) is 252 cm³/mol. The quantitative estimate of drug-likeness (QED) is 0.161. The summed E-state index contributed by atoms with van der Waals surface area (Å²) in [5, 5.41) is 4.54. The molecule has 0 amide bonds. The molecule has 0 N–H and O–H groups in total. The highest BCUT2D eigenvalue weighted by molar-refractivity contribution is 6.11. The molecule has 0 unspecified atom stereocenters. The van der Waals surface area contributed by atoms with E-state index >= 15 is 0 Å². The van der Waals surface area contributed by atoms with Crippen molar-refractivity contribution in [3.63, 3.8) is 0 Å². The van der Waals surface area contributed by atoms with Crippen LogP contribution in [0.1, 0.15) is 0 Å². The normalized spacial score (nSPS) is 11.5. The number of hydrogen-bond donors (Lipinski definition) is 0. The average molecular weight is 794 g/mol. The van der Waals surface area contributed by atoms with E-state index in [4.69, 9.17) is 24.4 Å². The van der Waals surface area contributed by atoms with Gasteiger partial charge in [0.2, 0.25) is 5.89 Å². The van der Waals surface area contributed by atoms with Gasteiger partial charge in [0.25, 0.3) is 0 Å². The zero-order valence-electron chi connectivity index (χ0n) is 33.4. The molecule has 0 aliphatic carbocycles. The third-order valence-electron chi connectivity index (χ3n) is 11.7. The molecule has 0 aliphatic rings. The SMILES string of the molecule is c1ccc(-c2ccc(-c3nc(-c4ccc(-c5cccc6ccc7nc(-c8ccccc8)oc7c56)cc4)nc(-c4cccc(-n5c6ccccc6c6ccccc65)c4)n3)cc2)cc1. The van der Waals surface area contributed by atoms with Crippen LogP contribution in [0.25, 0.3) is 117 Å². The van der Waals surface area contributed by atoms with Gasteiger partial charge in [-0.1, -0.05) is 170 Å². The van der Waals surface area contributed by atoms with Crippen LogP contribution in [-0.2, 0) is 0 Å². The summed E-state index contributed by atoms with van der Waals surface area (Å²) in [6.07, 6.45) is 0. The van der Waals surface area contributed by atoms with Crippen molar-refractivity contribution in [1.82, 2.24) is 24.5 Å². The Kier molecular flexibility index (Phi) is 8.38. The highest BCUT2D eigenvalue weighted by Gasteiger charge is 2.18. The Morgan fingerprint density at radius 2 is 0.871 bits per heavy atom. The fourth-order valence-electron chi connectivity index (χ4n) is 8.69. The van der Waals surface area contributed by atoms with E-state index in [9.17, 15) is 0 Å². The number of hydrogen-bond acceptors (Lipinski definition) is 5. The number of aromatic nitrogens is 5. The van der Waals surface area contributed by atoms with Crippen molar-refractivity contribution >= 4 is 43.7 Å². The molecular weight excluding hydrogens is 759 g/mol. The number of fused-ring (bicyclic) bond motifs is 6. The summed E-state index contributed by atoms with van der Waals surface area (Å²) < 4.78 is 8.82. The second-order valence-corrected chi connectivity index (χ2v) is 15.4. The van der Waals surface area contributed by atoms with Crippen LogP contribution in [-0.4, -0.2) is 24.5 Å². The van der Waals surface area contributed by atoms with E-state index < -0.39 is 0 Å². The van der Waals surface area contributed by atoms with Gasteiger partial charge < -0.3 is 8.98 Å². The van der Waals surface area contributed by atoms with Crippen molar-refractivity contribution in [1.29, 1.82) is 0 Å². The summed E-state index contributed by atoms with van der Waals surface area (Å²) in [7, 11) is 0. The lowest BCUT2D eigenvalue weighted by atomic mass is 9.96. The first-order chi connectivity index (χ1) is 30.7. The smallest absolute Gasteiger partial charge is 0.227 e. The van der Waals surface area contributed by atoms with E-state index in [1.807, 2.05) is 42.5 Å². The van der Waals surface area contributed by atoms with Gasteiger partial charge in [-0.2, -0.15) is 0 Å². The van der Waals surface area contributed by atoms with Crippen molar-refractivity contribution in [2.24, 2.45) is 0 Å². The number of benzene rings is 9. The third kappa shape index (κ3) is 6.13. The molecule has 0 radical (unpaired) electrons. The monoisotopic (exact) mass is 793 g/mol. The van der Waals surface area contributed by atoms with Gasteiger partial charge in [0, 0.05) is 44.1 Å². The van der Waals surface area contributed by atoms with Gasteiger partial charge in [0.05, 0.1) is 11.0 Å². The molecule has 62 heavy (non-hydrogen) atoms. The van der Waals surface area contributed by atoms with Gasteiger partial charge in [-0.3, -0.25) is 0 Å². The molecule has 290 valence electrons. The summed E-state index contributed by atoms with van der Waals surface area (Å²) in [6, 6.07) is 73.5. The molecule has 9 aromatic carbocycles. The third-order valence-corrected chi connectivity index (χ3v) is 11.7. The van der Waals surface area contributed by atoms with Gasteiger partial charge >= 0.3 is 0 Å². The van der Waals surface area contributed by atoms with Gasteiger partial charge in [-0.05, 0) is 70.1 Å². The Hall–Kier alpha value is -8.48. The molecule has 0 fully saturated rings. The number of para-hydroxylation sites is 2. The maximum Gasteiger partial charge on any atom is 0.227 e. The van der Waals surface area contributed by atoms with E-state index in [2.05, 4.69) is 174 Å². The van der Waals surface area contributed by atoms with Crippen LogP contribution in [0.15, 0.2) is 217 Å². The van der Waals surface area contributed by atoms with Crippen LogP contribution in [0.3, 0.4) is 0 Å². The average Bonchev–Trinajstić information content (AvgIpc) is 3.95. The molecule has 0 spiro atoms. The lowest BCUT2D eigenvalue weighted by Crippen LogP contribution is -2.01. The van der Waals surface area contributed by atoms with E-state index in [0.717, 1.165) is 83.1 Å².